The highest BCUT2D eigenvalue weighted by Gasteiger charge is 2.31. The maximum Gasteiger partial charge on any atom is 0.295 e. The van der Waals surface area contributed by atoms with Crippen molar-refractivity contribution in [3.05, 3.63) is 71.2 Å². The summed E-state index contributed by atoms with van der Waals surface area (Å²) in [6.45, 7) is 8.88. The van der Waals surface area contributed by atoms with Gasteiger partial charge in [0.15, 0.2) is 0 Å². The van der Waals surface area contributed by atoms with Crippen molar-refractivity contribution in [3.8, 4) is 5.75 Å². The number of ketones is 1. The second-order valence-electron chi connectivity index (χ2n) is 7.29. The van der Waals surface area contributed by atoms with Crippen LogP contribution in [-0.2, 0) is 4.79 Å². The number of aromatic nitrogens is 1. The Morgan fingerprint density at radius 3 is 2.48 bits per heavy atom. The molecule has 158 valence electrons. The second kappa shape index (κ2) is 8.60. The summed E-state index contributed by atoms with van der Waals surface area (Å²) in [6.07, 6.45) is 0.705. The first-order valence-electron chi connectivity index (χ1n) is 9.91. The van der Waals surface area contributed by atoms with Gasteiger partial charge in [0.05, 0.1) is 24.8 Å². The zero-order valence-electron chi connectivity index (χ0n) is 17.0. The fourth-order valence-corrected chi connectivity index (χ4v) is 3.91. The van der Waals surface area contributed by atoms with E-state index in [9.17, 15) is 14.7 Å². The lowest BCUT2D eigenvalue weighted by molar-refractivity contribution is -0.130. The number of aromatic amines is 1. The highest BCUT2D eigenvalue weighted by molar-refractivity contribution is 6.45. The fraction of sp³-hybridized carbons (Fsp3) is 0.261. The van der Waals surface area contributed by atoms with E-state index in [1.165, 1.54) is 18.2 Å². The molecule has 2 N–H and O–H groups in total. The van der Waals surface area contributed by atoms with E-state index < -0.39 is 17.9 Å². The average Bonchev–Trinajstić information content (AvgIpc) is 3.28. The van der Waals surface area contributed by atoms with E-state index >= 15 is 0 Å². The summed E-state index contributed by atoms with van der Waals surface area (Å²) in [5.74, 6) is -0.829. The minimum atomic E-state index is -0.751. The van der Waals surface area contributed by atoms with E-state index in [1.807, 2.05) is 35.2 Å². The Kier molecular flexibility index (Phi) is 5.71. The minimum Gasteiger partial charge on any atom is -0.496 e. The van der Waals surface area contributed by atoms with Crippen LogP contribution in [0.15, 0.2) is 48.7 Å². The van der Waals surface area contributed by atoms with Gasteiger partial charge < -0.3 is 19.7 Å². The largest absolute Gasteiger partial charge is 0.496 e. The minimum absolute atomic E-state index is 0.189. The quantitative estimate of drug-likeness (QED) is 0.378. The zero-order valence-corrected chi connectivity index (χ0v) is 17.0. The number of aliphatic hydroxyl groups is 1. The van der Waals surface area contributed by atoms with E-state index in [4.69, 9.17) is 11.3 Å². The summed E-state index contributed by atoms with van der Waals surface area (Å²) >= 11 is 0. The number of rotatable bonds is 5. The molecule has 0 spiro atoms. The lowest BCUT2D eigenvalue weighted by Crippen LogP contribution is -2.51. The molecule has 8 nitrogen and oxygen atoms in total. The zero-order chi connectivity index (χ0) is 22.0. The highest BCUT2D eigenvalue weighted by atomic mass is 16.5. The topological polar surface area (TPSA) is 90.2 Å². The Morgan fingerprint density at radius 2 is 1.84 bits per heavy atom. The highest BCUT2D eigenvalue weighted by Crippen LogP contribution is 2.35. The summed E-state index contributed by atoms with van der Waals surface area (Å²) in [5, 5.41) is 11.0. The summed E-state index contributed by atoms with van der Waals surface area (Å²) < 4.78 is 5.35. The summed E-state index contributed by atoms with van der Waals surface area (Å²) in [7, 11) is 1.48. The molecule has 0 bridgehead atoms. The number of amides is 1. The van der Waals surface area contributed by atoms with E-state index in [2.05, 4.69) is 9.83 Å². The van der Waals surface area contributed by atoms with Crippen molar-refractivity contribution in [1.29, 1.82) is 0 Å². The van der Waals surface area contributed by atoms with Crippen LogP contribution in [0.1, 0.15) is 22.1 Å². The average molecular weight is 418 g/mol. The van der Waals surface area contributed by atoms with Crippen LogP contribution in [-0.4, -0.2) is 64.9 Å². The lowest BCUT2D eigenvalue weighted by Gasteiger charge is -2.37. The molecule has 3 aromatic rings. The number of nitrogens with one attached hydrogen (secondary N) is 1. The molecule has 1 unspecified atom stereocenters. The van der Waals surface area contributed by atoms with Crippen molar-refractivity contribution < 1.29 is 19.4 Å². The van der Waals surface area contributed by atoms with Gasteiger partial charge in [0, 0.05) is 37.8 Å². The van der Waals surface area contributed by atoms with Crippen molar-refractivity contribution in [1.82, 2.24) is 14.8 Å². The van der Waals surface area contributed by atoms with Gasteiger partial charge in [0.2, 0.25) is 5.69 Å². The maximum absolute atomic E-state index is 13.0. The molecular weight excluding hydrogens is 396 g/mol. The van der Waals surface area contributed by atoms with Gasteiger partial charge in [-0.15, -0.1) is 0 Å². The molecule has 0 radical (unpaired) electrons. The molecule has 1 aliphatic rings. The monoisotopic (exact) mass is 418 g/mol. The van der Waals surface area contributed by atoms with Gasteiger partial charge in [-0.1, -0.05) is 36.4 Å². The number of hydrogen-bond acceptors (Lipinski definition) is 5. The molecular formula is C23H22N4O4. The van der Waals surface area contributed by atoms with Crippen LogP contribution in [0, 0.1) is 6.57 Å². The second-order valence-corrected chi connectivity index (χ2v) is 7.29. The van der Waals surface area contributed by atoms with Gasteiger partial charge in [0.1, 0.15) is 12.0 Å². The van der Waals surface area contributed by atoms with E-state index in [0.717, 1.165) is 5.56 Å². The first kappa shape index (κ1) is 20.6. The Hall–Kier alpha value is -3.67. The van der Waals surface area contributed by atoms with Crippen LogP contribution < -0.4 is 4.74 Å². The Labute approximate surface area is 179 Å². The molecule has 1 saturated heterocycles. The third kappa shape index (κ3) is 3.77. The van der Waals surface area contributed by atoms with Gasteiger partial charge in [-0.3, -0.25) is 14.5 Å². The third-order valence-electron chi connectivity index (χ3n) is 5.60. The number of carbonyl (C=O) groups is 2. The number of fused-ring (bicyclic) bond motifs is 1. The van der Waals surface area contributed by atoms with Crippen molar-refractivity contribution in [2.75, 3.05) is 33.3 Å². The number of benzene rings is 2. The SMILES string of the molecule is [C-]#[N+]c1ccc(OC)c2c(C(=O)C(=O)N3CCN(C(O)c4ccccc4)CC3)c[nH]c12. The number of methoxy groups -OCH3 is 1. The van der Waals surface area contributed by atoms with Crippen molar-refractivity contribution >= 4 is 28.3 Å². The van der Waals surface area contributed by atoms with Gasteiger partial charge in [-0.2, -0.15) is 0 Å². The predicted molar refractivity (Wildman–Crippen MR) is 115 cm³/mol. The first-order valence-corrected chi connectivity index (χ1v) is 9.91. The molecule has 1 fully saturated rings. The summed E-state index contributed by atoms with van der Waals surface area (Å²) in [4.78, 5) is 35.7. The number of aliphatic hydroxyl groups excluding tert-OH is 1. The molecule has 0 aliphatic carbocycles. The van der Waals surface area contributed by atoms with Gasteiger partial charge in [-0.25, -0.2) is 4.85 Å². The van der Waals surface area contributed by atoms with Crippen LogP contribution >= 0.6 is 0 Å². The number of hydrogen-bond donors (Lipinski definition) is 2. The predicted octanol–water partition coefficient (Wildman–Crippen LogP) is 2.75. The standard InChI is InChI=1S/C23H22N4O4/c1-24-17-8-9-18(31-2)19-16(14-25-20(17)19)21(28)23(30)27-12-10-26(11-13-27)22(29)15-6-4-3-5-7-15/h3-9,14,22,25,29H,10-13H2,2H3. The molecule has 2 heterocycles. The molecule has 4 rings (SSSR count). The molecule has 2 aromatic carbocycles. The summed E-state index contributed by atoms with van der Waals surface area (Å²) in [5.41, 5.74) is 1.81. The number of ether oxygens (including phenoxy) is 1. The Bertz CT molecular complexity index is 1160. The molecule has 1 aromatic heterocycles. The summed E-state index contributed by atoms with van der Waals surface area (Å²) in [6, 6.07) is 12.6. The van der Waals surface area contributed by atoms with E-state index in [1.54, 1.807) is 12.1 Å². The molecule has 1 aliphatic heterocycles. The van der Waals surface area contributed by atoms with Crippen molar-refractivity contribution in [3.63, 3.8) is 0 Å². The van der Waals surface area contributed by atoms with E-state index in [0.29, 0.717) is 48.5 Å². The molecule has 31 heavy (non-hydrogen) atoms. The van der Waals surface area contributed by atoms with Crippen LogP contribution in [0.4, 0.5) is 5.69 Å². The third-order valence-corrected chi connectivity index (χ3v) is 5.60. The number of piperazine rings is 1. The molecule has 8 heteroatoms. The van der Waals surface area contributed by atoms with E-state index in [-0.39, 0.29) is 5.56 Å². The number of nitrogens with zero attached hydrogens (tertiary/aromatic N) is 3. The Balaban J connectivity index is 1.50. The van der Waals surface area contributed by atoms with Gasteiger partial charge in [0.25, 0.3) is 11.7 Å². The van der Waals surface area contributed by atoms with Crippen LogP contribution in [0.3, 0.4) is 0 Å². The molecule has 1 amide bonds. The van der Waals surface area contributed by atoms with Crippen LogP contribution in [0.25, 0.3) is 15.7 Å². The number of H-pyrrole nitrogens is 1. The van der Waals surface area contributed by atoms with Crippen LogP contribution in [0.5, 0.6) is 5.75 Å². The normalized spacial score (nSPS) is 15.5. The van der Waals surface area contributed by atoms with Gasteiger partial charge >= 0.3 is 0 Å². The fourth-order valence-electron chi connectivity index (χ4n) is 3.91. The molecule has 1 atom stereocenters. The van der Waals surface area contributed by atoms with Crippen molar-refractivity contribution in [2.24, 2.45) is 0 Å². The van der Waals surface area contributed by atoms with Gasteiger partial charge in [-0.05, 0) is 11.6 Å². The molecule has 0 saturated carbocycles. The van der Waals surface area contributed by atoms with Crippen molar-refractivity contribution in [2.45, 2.75) is 6.23 Å². The van der Waals surface area contributed by atoms with Crippen LogP contribution in [0.2, 0.25) is 0 Å². The number of carbonyl (C=O) groups excluding carboxylic acids is 2. The smallest absolute Gasteiger partial charge is 0.295 e. The lowest BCUT2D eigenvalue weighted by atomic mass is 10.1. The Morgan fingerprint density at radius 1 is 1.13 bits per heavy atom. The first-order chi connectivity index (χ1) is 15.0. The number of Topliss-reactive ketones (excluding diaryl/α,β-unsaturated/α-hetero) is 1. The maximum atomic E-state index is 13.0.